The Kier molecular flexibility index (Phi) is 3.72. The maximum Gasteiger partial charge on any atom is 0.0578 e. The normalized spacial score (nSPS) is 15.9. The molecule has 3 N–H and O–H groups in total. The zero-order valence-electron chi connectivity index (χ0n) is 7.58. The van der Waals surface area contributed by atoms with Crippen LogP contribution in [-0.2, 0) is 0 Å². The molecule has 0 amide bonds. The molecule has 1 rings (SSSR count). The van der Waals surface area contributed by atoms with Crippen LogP contribution in [0.4, 0.5) is 0 Å². The fourth-order valence-corrected chi connectivity index (χ4v) is 2.15. The van der Waals surface area contributed by atoms with Crippen LogP contribution in [0.25, 0.3) is 0 Å². The fourth-order valence-electron chi connectivity index (χ4n) is 1.23. The second-order valence-electron chi connectivity index (χ2n) is 3.05. The molecule has 2 nitrogen and oxygen atoms in total. The first kappa shape index (κ1) is 9.71. The van der Waals surface area contributed by atoms with Crippen molar-refractivity contribution in [2.75, 3.05) is 0 Å². The van der Waals surface area contributed by atoms with Gasteiger partial charge in [-0.2, -0.15) is 0 Å². The van der Waals surface area contributed by atoms with E-state index >= 15 is 0 Å². The molecule has 0 bridgehead atoms. The van der Waals surface area contributed by atoms with Crippen molar-refractivity contribution in [1.82, 2.24) is 5.43 Å². The average Bonchev–Trinajstić information content (AvgIpc) is 2.58. The van der Waals surface area contributed by atoms with Gasteiger partial charge in [0.2, 0.25) is 0 Å². The van der Waals surface area contributed by atoms with E-state index < -0.39 is 0 Å². The monoisotopic (exact) mass is 184 g/mol. The highest BCUT2D eigenvalue weighted by Crippen LogP contribution is 2.26. The lowest BCUT2D eigenvalue weighted by Gasteiger charge is -2.20. The van der Waals surface area contributed by atoms with Gasteiger partial charge in [0.25, 0.3) is 0 Å². The molecule has 2 unspecified atom stereocenters. The van der Waals surface area contributed by atoms with Gasteiger partial charge in [0, 0.05) is 4.88 Å². The molecule has 2 atom stereocenters. The summed E-state index contributed by atoms with van der Waals surface area (Å²) in [6.45, 7) is 4.40. The third-order valence-corrected chi connectivity index (χ3v) is 3.20. The number of nitrogens with one attached hydrogen (secondary N) is 1. The zero-order valence-corrected chi connectivity index (χ0v) is 8.40. The lowest BCUT2D eigenvalue weighted by atomic mass is 9.99. The second kappa shape index (κ2) is 4.60. The molecular weight excluding hydrogens is 168 g/mol. The van der Waals surface area contributed by atoms with Crippen LogP contribution in [0.3, 0.4) is 0 Å². The largest absolute Gasteiger partial charge is 0.271 e. The standard InChI is InChI=1S/C9H16N2S/c1-3-7(2)9(11-10)8-5-4-6-12-8/h4-7,9,11H,3,10H2,1-2H3. The number of hydrogen-bond donors (Lipinski definition) is 2. The Bertz CT molecular complexity index is 208. The van der Waals surface area contributed by atoms with Gasteiger partial charge in [-0.15, -0.1) is 11.3 Å². The summed E-state index contributed by atoms with van der Waals surface area (Å²) in [6, 6.07) is 4.50. The quantitative estimate of drug-likeness (QED) is 0.556. The molecule has 0 saturated heterocycles. The van der Waals surface area contributed by atoms with Crippen LogP contribution < -0.4 is 11.3 Å². The highest BCUT2D eigenvalue weighted by atomic mass is 32.1. The molecule has 3 heteroatoms. The third kappa shape index (κ3) is 2.06. The van der Waals surface area contributed by atoms with Crippen LogP contribution in [0.5, 0.6) is 0 Å². The van der Waals surface area contributed by atoms with Crippen molar-refractivity contribution < 1.29 is 0 Å². The van der Waals surface area contributed by atoms with E-state index in [0.29, 0.717) is 12.0 Å². The highest BCUT2D eigenvalue weighted by molar-refractivity contribution is 7.10. The van der Waals surface area contributed by atoms with Gasteiger partial charge in [0.05, 0.1) is 6.04 Å². The smallest absolute Gasteiger partial charge is 0.0578 e. The van der Waals surface area contributed by atoms with E-state index in [2.05, 4.69) is 36.8 Å². The van der Waals surface area contributed by atoms with Gasteiger partial charge in [-0.25, -0.2) is 0 Å². The molecule has 1 aromatic heterocycles. The first-order valence-electron chi connectivity index (χ1n) is 4.29. The summed E-state index contributed by atoms with van der Waals surface area (Å²) < 4.78 is 0. The molecule has 0 spiro atoms. The summed E-state index contributed by atoms with van der Waals surface area (Å²) in [6.07, 6.45) is 1.15. The molecule has 1 heterocycles. The Morgan fingerprint density at radius 2 is 2.42 bits per heavy atom. The van der Waals surface area contributed by atoms with E-state index in [-0.39, 0.29) is 0 Å². The molecule has 1 aromatic rings. The Balaban J connectivity index is 2.69. The molecular formula is C9H16N2S. The minimum atomic E-state index is 0.315. The fraction of sp³-hybridized carbons (Fsp3) is 0.556. The molecule has 0 aliphatic carbocycles. The average molecular weight is 184 g/mol. The van der Waals surface area contributed by atoms with E-state index in [1.807, 2.05) is 0 Å². The van der Waals surface area contributed by atoms with Gasteiger partial charge in [-0.05, 0) is 17.4 Å². The number of hydrogen-bond acceptors (Lipinski definition) is 3. The van der Waals surface area contributed by atoms with E-state index in [1.165, 1.54) is 4.88 Å². The highest BCUT2D eigenvalue weighted by Gasteiger charge is 2.16. The first-order chi connectivity index (χ1) is 5.79. The van der Waals surface area contributed by atoms with Gasteiger partial charge in [0.1, 0.15) is 0 Å². The lowest BCUT2D eigenvalue weighted by Crippen LogP contribution is -2.31. The van der Waals surface area contributed by atoms with Crippen molar-refractivity contribution in [3.05, 3.63) is 22.4 Å². The van der Waals surface area contributed by atoms with Gasteiger partial charge in [-0.3, -0.25) is 11.3 Å². The van der Waals surface area contributed by atoms with Crippen LogP contribution in [0.15, 0.2) is 17.5 Å². The minimum absolute atomic E-state index is 0.315. The molecule has 0 aliphatic heterocycles. The van der Waals surface area contributed by atoms with E-state index in [0.717, 1.165) is 6.42 Å². The van der Waals surface area contributed by atoms with E-state index in [1.54, 1.807) is 11.3 Å². The molecule has 0 saturated carbocycles. The summed E-state index contributed by atoms with van der Waals surface area (Å²) in [4.78, 5) is 1.33. The number of hydrazine groups is 1. The number of thiophene rings is 1. The van der Waals surface area contributed by atoms with Crippen LogP contribution >= 0.6 is 11.3 Å². The summed E-state index contributed by atoms with van der Waals surface area (Å²) in [5.74, 6) is 6.09. The summed E-state index contributed by atoms with van der Waals surface area (Å²) in [7, 11) is 0. The van der Waals surface area contributed by atoms with Crippen molar-refractivity contribution in [2.45, 2.75) is 26.3 Å². The Labute approximate surface area is 77.8 Å². The van der Waals surface area contributed by atoms with E-state index in [4.69, 9.17) is 5.84 Å². The van der Waals surface area contributed by atoms with Gasteiger partial charge < -0.3 is 0 Å². The summed E-state index contributed by atoms with van der Waals surface area (Å²) in [5.41, 5.74) is 2.87. The molecule has 0 radical (unpaired) electrons. The zero-order chi connectivity index (χ0) is 8.97. The maximum atomic E-state index is 5.50. The van der Waals surface area contributed by atoms with Crippen LogP contribution in [0.2, 0.25) is 0 Å². The Morgan fingerprint density at radius 1 is 1.67 bits per heavy atom. The van der Waals surface area contributed by atoms with Gasteiger partial charge >= 0.3 is 0 Å². The third-order valence-electron chi connectivity index (χ3n) is 2.24. The lowest BCUT2D eigenvalue weighted by molar-refractivity contribution is 0.388. The van der Waals surface area contributed by atoms with Crippen molar-refractivity contribution in [2.24, 2.45) is 11.8 Å². The molecule has 0 fully saturated rings. The van der Waals surface area contributed by atoms with Crippen molar-refractivity contribution >= 4 is 11.3 Å². The number of rotatable bonds is 4. The summed E-state index contributed by atoms with van der Waals surface area (Å²) >= 11 is 1.76. The number of nitrogens with two attached hydrogens (primary N) is 1. The van der Waals surface area contributed by atoms with Gasteiger partial charge in [-0.1, -0.05) is 26.3 Å². The van der Waals surface area contributed by atoms with E-state index in [9.17, 15) is 0 Å². The Hall–Kier alpha value is -0.380. The molecule has 68 valence electrons. The second-order valence-corrected chi connectivity index (χ2v) is 4.02. The minimum Gasteiger partial charge on any atom is -0.271 e. The van der Waals surface area contributed by atoms with Crippen molar-refractivity contribution in [3.63, 3.8) is 0 Å². The van der Waals surface area contributed by atoms with Crippen molar-refractivity contribution in [3.8, 4) is 0 Å². The van der Waals surface area contributed by atoms with Crippen LogP contribution in [0.1, 0.15) is 31.2 Å². The first-order valence-corrected chi connectivity index (χ1v) is 5.17. The SMILES string of the molecule is CCC(C)C(NN)c1cccs1. The maximum absolute atomic E-state index is 5.50. The van der Waals surface area contributed by atoms with Crippen molar-refractivity contribution in [1.29, 1.82) is 0 Å². The summed E-state index contributed by atoms with van der Waals surface area (Å²) in [5, 5.41) is 2.09. The van der Waals surface area contributed by atoms with Gasteiger partial charge in [0.15, 0.2) is 0 Å². The predicted octanol–water partition coefficient (Wildman–Crippen LogP) is 2.30. The predicted molar refractivity (Wildman–Crippen MR) is 53.8 cm³/mol. The Morgan fingerprint density at radius 3 is 2.83 bits per heavy atom. The molecule has 12 heavy (non-hydrogen) atoms. The topological polar surface area (TPSA) is 38.0 Å². The molecule has 0 aromatic carbocycles. The molecule has 0 aliphatic rings. The van der Waals surface area contributed by atoms with Crippen LogP contribution in [0, 0.1) is 5.92 Å². The van der Waals surface area contributed by atoms with Crippen LogP contribution in [-0.4, -0.2) is 0 Å².